The van der Waals surface area contributed by atoms with E-state index in [0.29, 0.717) is 12.1 Å². The number of nitrogens with one attached hydrogen (secondary N) is 1. The van der Waals surface area contributed by atoms with E-state index in [1.165, 1.54) is 0 Å². The molecule has 1 N–H and O–H groups in total. The van der Waals surface area contributed by atoms with E-state index in [4.69, 9.17) is 5.41 Å². The molecule has 0 atom stereocenters. The molecule has 11 heavy (non-hydrogen) atoms. The first-order valence-corrected chi connectivity index (χ1v) is 3.41. The topological polar surface area (TPSA) is 36.7 Å². The smallest absolute Gasteiger partial charge is 0.0352 e. The summed E-state index contributed by atoms with van der Waals surface area (Å²) < 4.78 is 0. The summed E-state index contributed by atoms with van der Waals surface area (Å²) in [5, 5.41) is 7.33. The van der Waals surface area contributed by atoms with Crippen LogP contribution in [0.4, 0.5) is 0 Å². The van der Waals surface area contributed by atoms with Gasteiger partial charge in [0.05, 0.1) is 0 Å². The molecule has 0 fully saturated rings. The van der Waals surface area contributed by atoms with Crippen molar-refractivity contribution >= 4 is 5.71 Å². The van der Waals surface area contributed by atoms with Gasteiger partial charge in [-0.25, -0.2) is 0 Å². The first-order valence-electron chi connectivity index (χ1n) is 3.41. The summed E-state index contributed by atoms with van der Waals surface area (Å²) in [4.78, 5) is 3.94. The van der Waals surface area contributed by atoms with Gasteiger partial charge in [0.15, 0.2) is 0 Å². The molecule has 0 aliphatic carbocycles. The highest BCUT2D eigenvalue weighted by Gasteiger charge is 1.93. The second-order valence-corrected chi connectivity index (χ2v) is 2.27. The lowest BCUT2D eigenvalue weighted by Crippen LogP contribution is -1.96. The number of hydrogen-bond donors (Lipinski definition) is 1. The zero-order valence-corrected chi connectivity index (χ0v) is 6.25. The summed E-state index contributed by atoms with van der Waals surface area (Å²) >= 11 is 0. The Balaban J connectivity index is 2.65. The van der Waals surface area contributed by atoms with Crippen molar-refractivity contribution in [1.29, 1.82) is 5.41 Å². The highest BCUT2D eigenvalue weighted by molar-refractivity contribution is 5.93. The van der Waals surface area contributed by atoms with E-state index < -0.39 is 0 Å². The average Bonchev–Trinajstić information content (AvgIpc) is 2.06. The number of pyridine rings is 1. The van der Waals surface area contributed by atoms with Crippen molar-refractivity contribution in [3.8, 4) is 0 Å². The van der Waals surface area contributed by atoms with Gasteiger partial charge in [0.25, 0.3) is 0 Å². The molecule has 56 valence electrons. The molecule has 0 aliphatic rings. The molecular formula is C9H10N2. The molecule has 2 heteroatoms. The molecule has 0 saturated heterocycles. The second kappa shape index (κ2) is 3.66. The van der Waals surface area contributed by atoms with Gasteiger partial charge in [-0.05, 0) is 17.7 Å². The highest BCUT2D eigenvalue weighted by Crippen LogP contribution is 1.97. The van der Waals surface area contributed by atoms with E-state index >= 15 is 0 Å². The summed E-state index contributed by atoms with van der Waals surface area (Å²) in [6.07, 6.45) is 5.66. The first-order chi connectivity index (χ1) is 5.33. The second-order valence-electron chi connectivity index (χ2n) is 2.27. The minimum Gasteiger partial charge on any atom is -0.305 e. The number of aromatic nitrogens is 1. The van der Waals surface area contributed by atoms with Crippen LogP contribution in [-0.2, 0) is 6.42 Å². The average molecular weight is 146 g/mol. The van der Waals surface area contributed by atoms with Crippen molar-refractivity contribution in [2.45, 2.75) is 6.42 Å². The number of hydrogen-bond acceptors (Lipinski definition) is 2. The molecule has 1 rings (SSSR count). The highest BCUT2D eigenvalue weighted by atomic mass is 14.6. The third kappa shape index (κ3) is 2.34. The lowest BCUT2D eigenvalue weighted by atomic mass is 10.1. The first kappa shape index (κ1) is 7.66. The Bertz CT molecular complexity index is 252. The molecule has 0 aliphatic heterocycles. The van der Waals surface area contributed by atoms with Gasteiger partial charge < -0.3 is 5.41 Å². The maximum absolute atomic E-state index is 7.33. The van der Waals surface area contributed by atoms with E-state index in [1.807, 2.05) is 12.1 Å². The maximum atomic E-state index is 7.33. The fourth-order valence-electron chi connectivity index (χ4n) is 0.795. The predicted molar refractivity (Wildman–Crippen MR) is 45.9 cm³/mol. The standard InChI is InChI=1S/C9H10N2/c1-2-9(10)6-8-4-3-5-11-7-8/h2-5,7,10H,1,6H2. The van der Waals surface area contributed by atoms with Crippen LogP contribution >= 0.6 is 0 Å². The molecule has 2 nitrogen and oxygen atoms in total. The minimum absolute atomic E-state index is 0.526. The fraction of sp³-hybridized carbons (Fsp3) is 0.111. The van der Waals surface area contributed by atoms with Gasteiger partial charge in [-0.1, -0.05) is 12.6 Å². The zero-order valence-electron chi connectivity index (χ0n) is 6.25. The van der Waals surface area contributed by atoms with Crippen molar-refractivity contribution in [2.75, 3.05) is 0 Å². The molecular weight excluding hydrogens is 136 g/mol. The Kier molecular flexibility index (Phi) is 2.55. The number of rotatable bonds is 3. The van der Waals surface area contributed by atoms with Crippen molar-refractivity contribution in [2.24, 2.45) is 0 Å². The van der Waals surface area contributed by atoms with Crippen LogP contribution in [0.15, 0.2) is 37.2 Å². The molecule has 0 aromatic carbocycles. The van der Waals surface area contributed by atoms with Crippen LogP contribution in [0, 0.1) is 5.41 Å². The molecule has 0 saturated carbocycles. The van der Waals surface area contributed by atoms with Crippen LogP contribution in [0.5, 0.6) is 0 Å². The molecule has 0 amide bonds. The van der Waals surface area contributed by atoms with Gasteiger partial charge in [0.2, 0.25) is 0 Å². The third-order valence-corrected chi connectivity index (χ3v) is 1.36. The maximum Gasteiger partial charge on any atom is 0.0352 e. The van der Waals surface area contributed by atoms with Crippen LogP contribution in [0.3, 0.4) is 0 Å². The zero-order chi connectivity index (χ0) is 8.10. The summed E-state index contributed by atoms with van der Waals surface area (Å²) in [6.45, 7) is 3.51. The predicted octanol–water partition coefficient (Wildman–Crippen LogP) is 1.83. The van der Waals surface area contributed by atoms with E-state index in [-0.39, 0.29) is 0 Å². The van der Waals surface area contributed by atoms with Gasteiger partial charge in [-0.3, -0.25) is 4.98 Å². The van der Waals surface area contributed by atoms with E-state index in [0.717, 1.165) is 5.56 Å². The Morgan fingerprint density at radius 2 is 2.55 bits per heavy atom. The molecule has 1 aromatic rings. The Morgan fingerprint density at radius 3 is 3.09 bits per heavy atom. The summed E-state index contributed by atoms with van der Waals surface area (Å²) in [5.74, 6) is 0. The summed E-state index contributed by atoms with van der Waals surface area (Å²) in [5.41, 5.74) is 1.58. The molecule has 0 bridgehead atoms. The Morgan fingerprint density at radius 1 is 1.73 bits per heavy atom. The van der Waals surface area contributed by atoms with Crippen molar-refractivity contribution < 1.29 is 0 Å². The van der Waals surface area contributed by atoms with Crippen molar-refractivity contribution in [3.05, 3.63) is 42.7 Å². The molecule has 0 unspecified atom stereocenters. The van der Waals surface area contributed by atoms with Gasteiger partial charge in [0, 0.05) is 24.5 Å². The van der Waals surface area contributed by atoms with E-state index in [9.17, 15) is 0 Å². The van der Waals surface area contributed by atoms with Crippen LogP contribution in [0.1, 0.15) is 5.56 Å². The molecule has 1 aromatic heterocycles. The quantitative estimate of drug-likeness (QED) is 0.649. The molecule has 0 spiro atoms. The van der Waals surface area contributed by atoms with Gasteiger partial charge in [0.1, 0.15) is 0 Å². The van der Waals surface area contributed by atoms with E-state index in [1.54, 1.807) is 18.5 Å². The van der Waals surface area contributed by atoms with Gasteiger partial charge in [-0.15, -0.1) is 0 Å². The third-order valence-electron chi connectivity index (χ3n) is 1.36. The van der Waals surface area contributed by atoms with Crippen LogP contribution < -0.4 is 0 Å². The van der Waals surface area contributed by atoms with Crippen LogP contribution in [0.25, 0.3) is 0 Å². The van der Waals surface area contributed by atoms with Crippen molar-refractivity contribution in [3.63, 3.8) is 0 Å². The van der Waals surface area contributed by atoms with E-state index in [2.05, 4.69) is 11.6 Å². The molecule has 0 radical (unpaired) electrons. The largest absolute Gasteiger partial charge is 0.305 e. The monoisotopic (exact) mass is 146 g/mol. The Hall–Kier alpha value is -1.44. The minimum atomic E-state index is 0.526. The molecule has 1 heterocycles. The lowest BCUT2D eigenvalue weighted by Gasteiger charge is -1.96. The number of allylic oxidation sites excluding steroid dienone is 1. The SMILES string of the molecule is C=CC(=N)Cc1cccnc1. The van der Waals surface area contributed by atoms with Crippen LogP contribution in [-0.4, -0.2) is 10.7 Å². The summed E-state index contributed by atoms with van der Waals surface area (Å²) in [6, 6.07) is 3.82. The van der Waals surface area contributed by atoms with Gasteiger partial charge in [-0.2, -0.15) is 0 Å². The number of nitrogens with zero attached hydrogens (tertiary/aromatic N) is 1. The normalized spacial score (nSPS) is 9.09. The van der Waals surface area contributed by atoms with Crippen LogP contribution in [0.2, 0.25) is 0 Å². The lowest BCUT2D eigenvalue weighted by molar-refractivity contribution is 1.21. The summed E-state index contributed by atoms with van der Waals surface area (Å²) in [7, 11) is 0. The van der Waals surface area contributed by atoms with Gasteiger partial charge >= 0.3 is 0 Å². The Labute approximate surface area is 66.1 Å². The van der Waals surface area contributed by atoms with Crippen molar-refractivity contribution in [1.82, 2.24) is 4.98 Å². The fourth-order valence-corrected chi connectivity index (χ4v) is 0.795.